The molecule has 0 amide bonds. The van der Waals surface area contributed by atoms with Gasteiger partial charge >= 0.3 is 0 Å². The van der Waals surface area contributed by atoms with E-state index >= 15 is 0 Å². The number of para-hydroxylation sites is 1. The second-order valence-corrected chi connectivity index (χ2v) is 5.37. The van der Waals surface area contributed by atoms with Crippen molar-refractivity contribution in [3.05, 3.63) is 29.6 Å². The minimum Gasteiger partial charge on any atom is -0.396 e. The van der Waals surface area contributed by atoms with Crippen molar-refractivity contribution in [3.8, 4) is 0 Å². The molecule has 0 spiro atoms. The minimum atomic E-state index is -0.317. The Kier molecular flexibility index (Phi) is 3.88. The number of nitrogens with two attached hydrogens (primary N) is 1. The number of hydrogen-bond acceptors (Lipinski definition) is 3. The van der Waals surface area contributed by atoms with Crippen LogP contribution in [0.15, 0.2) is 18.2 Å². The van der Waals surface area contributed by atoms with Crippen LogP contribution < -0.4 is 5.73 Å². The van der Waals surface area contributed by atoms with Gasteiger partial charge in [-0.05, 0) is 32.5 Å². The lowest BCUT2D eigenvalue weighted by molar-refractivity contribution is 0.0557. The molecule has 100 valence electrons. The second kappa shape index (κ2) is 5.24. The predicted molar refractivity (Wildman–Crippen MR) is 72.8 cm³/mol. The highest BCUT2D eigenvalue weighted by Gasteiger charge is 2.26. The average molecular weight is 251 g/mol. The molecule has 1 aromatic carbocycles. The SMILES string of the molecule is CC1CN(Cc2cccc(F)c2N)CC(C)N1C. The molecule has 2 N–H and O–H groups in total. The molecule has 0 saturated carbocycles. The monoisotopic (exact) mass is 251 g/mol. The number of likely N-dealkylation sites (N-methyl/N-ethyl adjacent to an activating group) is 1. The van der Waals surface area contributed by atoms with Crippen LogP contribution >= 0.6 is 0 Å². The summed E-state index contributed by atoms with van der Waals surface area (Å²) in [5, 5.41) is 0. The van der Waals surface area contributed by atoms with Crippen molar-refractivity contribution in [3.63, 3.8) is 0 Å². The zero-order chi connectivity index (χ0) is 13.3. The third kappa shape index (κ3) is 2.65. The Balaban J connectivity index is 2.08. The summed E-state index contributed by atoms with van der Waals surface area (Å²) in [6.45, 7) is 7.16. The molecule has 18 heavy (non-hydrogen) atoms. The minimum absolute atomic E-state index is 0.289. The van der Waals surface area contributed by atoms with E-state index < -0.39 is 0 Å². The number of hydrogen-bond donors (Lipinski definition) is 1. The summed E-state index contributed by atoms with van der Waals surface area (Å²) >= 11 is 0. The van der Waals surface area contributed by atoms with Gasteiger partial charge in [-0.1, -0.05) is 12.1 Å². The molecule has 4 heteroatoms. The van der Waals surface area contributed by atoms with Gasteiger partial charge in [-0.2, -0.15) is 0 Å². The topological polar surface area (TPSA) is 32.5 Å². The smallest absolute Gasteiger partial charge is 0.146 e. The fourth-order valence-corrected chi connectivity index (χ4v) is 2.60. The maximum absolute atomic E-state index is 13.4. The molecular weight excluding hydrogens is 229 g/mol. The van der Waals surface area contributed by atoms with Gasteiger partial charge in [0.1, 0.15) is 5.82 Å². The average Bonchev–Trinajstić information content (AvgIpc) is 2.32. The van der Waals surface area contributed by atoms with Gasteiger partial charge in [-0.25, -0.2) is 4.39 Å². The van der Waals surface area contributed by atoms with Crippen molar-refractivity contribution in [1.29, 1.82) is 0 Å². The number of halogens is 1. The summed E-state index contributed by atoms with van der Waals surface area (Å²) in [4.78, 5) is 4.73. The van der Waals surface area contributed by atoms with E-state index in [9.17, 15) is 4.39 Å². The molecule has 1 aliphatic rings. The molecule has 3 nitrogen and oxygen atoms in total. The number of rotatable bonds is 2. The van der Waals surface area contributed by atoms with Crippen LogP contribution in [0.3, 0.4) is 0 Å². The fraction of sp³-hybridized carbons (Fsp3) is 0.571. The van der Waals surface area contributed by atoms with Gasteiger partial charge in [-0.3, -0.25) is 9.80 Å². The lowest BCUT2D eigenvalue weighted by atomic mass is 10.1. The maximum Gasteiger partial charge on any atom is 0.146 e. The number of benzene rings is 1. The van der Waals surface area contributed by atoms with Gasteiger partial charge in [0.2, 0.25) is 0 Å². The molecular formula is C14H22FN3. The fourth-order valence-electron chi connectivity index (χ4n) is 2.60. The van der Waals surface area contributed by atoms with Crippen molar-refractivity contribution in [2.45, 2.75) is 32.5 Å². The van der Waals surface area contributed by atoms with Crippen molar-refractivity contribution < 1.29 is 4.39 Å². The van der Waals surface area contributed by atoms with Crippen molar-refractivity contribution in [1.82, 2.24) is 9.80 Å². The van der Waals surface area contributed by atoms with E-state index in [-0.39, 0.29) is 11.5 Å². The summed E-state index contributed by atoms with van der Waals surface area (Å²) in [5.74, 6) is -0.317. The van der Waals surface area contributed by atoms with E-state index in [0.29, 0.717) is 12.1 Å². The Labute approximate surface area is 108 Å². The van der Waals surface area contributed by atoms with E-state index in [4.69, 9.17) is 5.73 Å². The Hall–Kier alpha value is -1.13. The first-order valence-electron chi connectivity index (χ1n) is 6.46. The van der Waals surface area contributed by atoms with Crippen LogP contribution in [0.25, 0.3) is 0 Å². The maximum atomic E-state index is 13.4. The highest BCUT2D eigenvalue weighted by molar-refractivity contribution is 5.47. The van der Waals surface area contributed by atoms with Crippen LogP contribution in [0.1, 0.15) is 19.4 Å². The first-order valence-corrected chi connectivity index (χ1v) is 6.46. The molecule has 2 rings (SSSR count). The molecule has 1 aliphatic heterocycles. The van der Waals surface area contributed by atoms with Gasteiger partial charge in [0.15, 0.2) is 0 Å². The summed E-state index contributed by atoms with van der Waals surface area (Å²) in [5.41, 5.74) is 6.96. The molecule has 1 fully saturated rings. The van der Waals surface area contributed by atoms with Crippen LogP contribution in [-0.4, -0.2) is 42.0 Å². The molecule has 0 radical (unpaired) electrons. The van der Waals surface area contributed by atoms with Crippen LogP contribution in [0.4, 0.5) is 10.1 Å². The van der Waals surface area contributed by atoms with Gasteiger partial charge in [0.25, 0.3) is 0 Å². The Morgan fingerprint density at radius 2 is 1.89 bits per heavy atom. The van der Waals surface area contributed by atoms with Crippen LogP contribution in [0.2, 0.25) is 0 Å². The molecule has 1 heterocycles. The van der Waals surface area contributed by atoms with Crippen LogP contribution in [0.5, 0.6) is 0 Å². The van der Waals surface area contributed by atoms with E-state index in [1.54, 1.807) is 6.07 Å². The zero-order valence-corrected chi connectivity index (χ0v) is 11.4. The molecule has 2 unspecified atom stereocenters. The number of nitrogen functional groups attached to an aromatic ring is 1. The number of piperazine rings is 1. The van der Waals surface area contributed by atoms with Gasteiger partial charge in [-0.15, -0.1) is 0 Å². The first-order chi connectivity index (χ1) is 8.49. The summed E-state index contributed by atoms with van der Waals surface area (Å²) in [6, 6.07) is 6.08. The van der Waals surface area contributed by atoms with Crippen molar-refractivity contribution in [2.75, 3.05) is 25.9 Å². The third-order valence-electron chi connectivity index (χ3n) is 3.97. The first kappa shape index (κ1) is 13.3. The van der Waals surface area contributed by atoms with E-state index in [0.717, 1.165) is 25.2 Å². The number of anilines is 1. The summed E-state index contributed by atoms with van der Waals surface area (Å²) in [7, 11) is 2.16. The quantitative estimate of drug-likeness (QED) is 0.815. The second-order valence-electron chi connectivity index (χ2n) is 5.37. The summed E-state index contributed by atoms with van der Waals surface area (Å²) in [6.07, 6.45) is 0. The lowest BCUT2D eigenvalue weighted by Crippen LogP contribution is -2.54. The Bertz CT molecular complexity index is 410. The lowest BCUT2D eigenvalue weighted by Gasteiger charge is -2.42. The highest BCUT2D eigenvalue weighted by Crippen LogP contribution is 2.21. The molecule has 0 aromatic heterocycles. The molecule has 0 bridgehead atoms. The van der Waals surface area contributed by atoms with Gasteiger partial charge in [0.05, 0.1) is 5.69 Å². The van der Waals surface area contributed by atoms with Crippen molar-refractivity contribution in [2.24, 2.45) is 0 Å². The largest absolute Gasteiger partial charge is 0.396 e. The molecule has 2 atom stereocenters. The third-order valence-corrected chi connectivity index (χ3v) is 3.97. The molecule has 1 saturated heterocycles. The van der Waals surface area contributed by atoms with Crippen molar-refractivity contribution >= 4 is 5.69 Å². The number of nitrogens with zero attached hydrogens (tertiary/aromatic N) is 2. The highest BCUT2D eigenvalue weighted by atomic mass is 19.1. The van der Waals surface area contributed by atoms with Gasteiger partial charge < -0.3 is 5.73 Å². The predicted octanol–water partition coefficient (Wildman–Crippen LogP) is 1.93. The van der Waals surface area contributed by atoms with Crippen LogP contribution in [-0.2, 0) is 6.54 Å². The molecule has 1 aromatic rings. The zero-order valence-electron chi connectivity index (χ0n) is 11.4. The Morgan fingerprint density at radius 1 is 1.28 bits per heavy atom. The normalized spacial score (nSPS) is 26.4. The van der Waals surface area contributed by atoms with E-state index in [1.807, 2.05) is 6.07 Å². The van der Waals surface area contributed by atoms with E-state index in [1.165, 1.54) is 6.07 Å². The van der Waals surface area contributed by atoms with Gasteiger partial charge in [0, 0.05) is 31.7 Å². The Morgan fingerprint density at radius 3 is 2.50 bits per heavy atom. The van der Waals surface area contributed by atoms with E-state index in [2.05, 4.69) is 30.7 Å². The molecule has 0 aliphatic carbocycles. The van der Waals surface area contributed by atoms with Crippen LogP contribution in [0, 0.1) is 5.82 Å². The summed E-state index contributed by atoms with van der Waals surface area (Å²) < 4.78 is 13.4. The standard InChI is InChI=1S/C14H22FN3/c1-10-7-18(8-11(2)17(10)3)9-12-5-4-6-13(15)14(12)16/h4-6,10-11H,7-9,16H2,1-3H3.